The number of hydrazone groups is 1. The van der Waals surface area contributed by atoms with Crippen LogP contribution in [0.25, 0.3) is 0 Å². The predicted molar refractivity (Wildman–Crippen MR) is 84.7 cm³/mol. The molecule has 0 aromatic heterocycles. The van der Waals surface area contributed by atoms with Crippen molar-refractivity contribution in [1.82, 2.24) is 5.01 Å². The Balaban J connectivity index is 2.42. The van der Waals surface area contributed by atoms with E-state index in [2.05, 4.69) is 25.8 Å². The number of morpholine rings is 1. The van der Waals surface area contributed by atoms with Gasteiger partial charge in [0.25, 0.3) is 0 Å². The number of esters is 1. The van der Waals surface area contributed by atoms with Crippen molar-refractivity contribution in [2.24, 2.45) is 5.10 Å². The molecule has 23 heavy (non-hydrogen) atoms. The molecule has 0 N–H and O–H groups in total. The van der Waals surface area contributed by atoms with Gasteiger partial charge in [-0.05, 0) is 19.1 Å². The van der Waals surface area contributed by atoms with Gasteiger partial charge < -0.3 is 9.47 Å². The average molecular weight is 391 g/mol. The largest absolute Gasteiger partial charge is 0.461 e. The van der Waals surface area contributed by atoms with E-state index in [1.54, 1.807) is 12.1 Å². The van der Waals surface area contributed by atoms with Crippen LogP contribution in [0.3, 0.4) is 0 Å². The van der Waals surface area contributed by atoms with Crippen LogP contribution in [0.2, 0.25) is 0 Å². The summed E-state index contributed by atoms with van der Waals surface area (Å²) in [7, 11) is 0. The van der Waals surface area contributed by atoms with Crippen molar-refractivity contribution < 1.29 is 23.0 Å². The van der Waals surface area contributed by atoms with E-state index in [-0.39, 0.29) is 12.2 Å². The van der Waals surface area contributed by atoms with Gasteiger partial charge in [-0.15, -0.1) is 0 Å². The third-order valence-corrected chi connectivity index (χ3v) is 3.65. The van der Waals surface area contributed by atoms with Gasteiger partial charge in [0.1, 0.15) is 5.71 Å². The Labute approximate surface area is 141 Å². The quantitative estimate of drug-likeness (QED) is 0.572. The Kier molecular flexibility index (Phi) is 6.06. The van der Waals surface area contributed by atoms with Gasteiger partial charge in [-0.2, -0.15) is 13.9 Å². The van der Waals surface area contributed by atoms with E-state index in [0.717, 1.165) is 0 Å². The maximum absolute atomic E-state index is 14.6. The first-order valence-electron chi connectivity index (χ1n) is 7.18. The van der Waals surface area contributed by atoms with E-state index < -0.39 is 17.6 Å². The van der Waals surface area contributed by atoms with Crippen LogP contribution in [-0.2, 0) is 14.3 Å². The van der Waals surface area contributed by atoms with Gasteiger partial charge in [0.05, 0.1) is 32.9 Å². The molecule has 1 aliphatic rings. The fourth-order valence-electron chi connectivity index (χ4n) is 2.05. The molecule has 1 aliphatic heterocycles. The fourth-order valence-corrected chi connectivity index (χ4v) is 2.45. The third kappa shape index (κ3) is 4.48. The van der Waals surface area contributed by atoms with Gasteiger partial charge in [-0.1, -0.05) is 28.1 Å². The van der Waals surface area contributed by atoms with Crippen LogP contribution in [0.15, 0.2) is 33.8 Å². The second-order valence-corrected chi connectivity index (χ2v) is 5.74. The van der Waals surface area contributed by atoms with E-state index in [4.69, 9.17) is 4.74 Å². The number of halogens is 3. The van der Waals surface area contributed by atoms with Crippen LogP contribution in [-0.4, -0.2) is 55.5 Å². The zero-order chi connectivity index (χ0) is 16.9. The molecule has 1 saturated heterocycles. The molecule has 0 radical (unpaired) electrons. The number of ether oxygens (including phenoxy) is 2. The maximum Gasteiger partial charge on any atom is 0.386 e. The van der Waals surface area contributed by atoms with Gasteiger partial charge in [0.15, 0.2) is 0 Å². The van der Waals surface area contributed by atoms with E-state index in [9.17, 15) is 13.6 Å². The van der Waals surface area contributed by atoms with Crippen LogP contribution >= 0.6 is 15.9 Å². The lowest BCUT2D eigenvalue weighted by atomic mass is 10.0. The normalized spacial score (nSPS) is 16.3. The smallest absolute Gasteiger partial charge is 0.386 e. The number of hydrogen-bond acceptors (Lipinski definition) is 5. The van der Waals surface area contributed by atoms with Crippen molar-refractivity contribution in [2.75, 3.05) is 32.9 Å². The summed E-state index contributed by atoms with van der Waals surface area (Å²) in [5.74, 6) is -5.44. The summed E-state index contributed by atoms with van der Waals surface area (Å²) >= 11 is 3.24. The summed E-state index contributed by atoms with van der Waals surface area (Å²) < 4.78 is 39.4. The Bertz CT molecular complexity index is 590. The van der Waals surface area contributed by atoms with Crippen LogP contribution in [0.1, 0.15) is 12.5 Å². The monoisotopic (exact) mass is 390 g/mol. The molecule has 8 heteroatoms. The molecule has 126 valence electrons. The van der Waals surface area contributed by atoms with E-state index in [1.165, 1.54) is 24.1 Å². The summed E-state index contributed by atoms with van der Waals surface area (Å²) in [4.78, 5) is 11.7. The molecule has 0 unspecified atom stereocenters. The van der Waals surface area contributed by atoms with Crippen LogP contribution in [0.4, 0.5) is 8.78 Å². The highest BCUT2D eigenvalue weighted by atomic mass is 79.9. The second kappa shape index (κ2) is 7.83. The lowest BCUT2D eigenvalue weighted by molar-refractivity contribution is -0.162. The molecule has 0 amide bonds. The van der Waals surface area contributed by atoms with Crippen molar-refractivity contribution in [2.45, 2.75) is 12.8 Å². The lowest BCUT2D eigenvalue weighted by Crippen LogP contribution is -2.43. The topological polar surface area (TPSA) is 51.1 Å². The molecule has 1 aromatic rings. The number of benzene rings is 1. The van der Waals surface area contributed by atoms with E-state index in [1.807, 2.05) is 0 Å². The van der Waals surface area contributed by atoms with Gasteiger partial charge in [-0.3, -0.25) is 5.01 Å². The number of rotatable bonds is 5. The van der Waals surface area contributed by atoms with Gasteiger partial charge in [0, 0.05) is 10.0 Å². The molecule has 0 bridgehead atoms. The number of carbonyl (C=O) groups excluding carboxylic acids is 1. The van der Waals surface area contributed by atoms with E-state index in [0.29, 0.717) is 30.8 Å². The summed E-state index contributed by atoms with van der Waals surface area (Å²) in [5.41, 5.74) is -0.469. The molecule has 5 nitrogen and oxygen atoms in total. The van der Waals surface area contributed by atoms with Crippen LogP contribution < -0.4 is 0 Å². The van der Waals surface area contributed by atoms with Crippen molar-refractivity contribution >= 4 is 27.6 Å². The first-order chi connectivity index (χ1) is 10.9. The number of carbonyl (C=O) groups is 1. The summed E-state index contributed by atoms with van der Waals surface area (Å²) in [5, 5.41) is 5.50. The Morgan fingerprint density at radius 3 is 2.74 bits per heavy atom. The Hall–Kier alpha value is -1.54. The molecule has 0 spiro atoms. The Morgan fingerprint density at radius 2 is 2.13 bits per heavy atom. The van der Waals surface area contributed by atoms with Gasteiger partial charge in [0.2, 0.25) is 0 Å². The fraction of sp³-hybridized carbons (Fsp3) is 0.467. The summed E-state index contributed by atoms with van der Waals surface area (Å²) in [6.45, 7) is 2.93. The molecular formula is C15H17BrF2N2O3. The highest BCUT2D eigenvalue weighted by Crippen LogP contribution is 2.25. The number of nitrogens with zero attached hydrogens (tertiary/aromatic N) is 2. The first kappa shape index (κ1) is 17.8. The third-order valence-electron chi connectivity index (χ3n) is 3.16. The highest BCUT2D eigenvalue weighted by molar-refractivity contribution is 9.10. The zero-order valence-electron chi connectivity index (χ0n) is 12.6. The Morgan fingerprint density at radius 1 is 1.43 bits per heavy atom. The summed E-state index contributed by atoms with van der Waals surface area (Å²) in [6.07, 6.45) is 0. The first-order valence-corrected chi connectivity index (χ1v) is 7.97. The minimum absolute atomic E-state index is 0.127. The highest BCUT2D eigenvalue weighted by Gasteiger charge is 2.47. The molecule has 0 aliphatic carbocycles. The van der Waals surface area contributed by atoms with Gasteiger partial charge in [-0.25, -0.2) is 4.79 Å². The SMILES string of the molecule is CCOC(=O)C(F)(F)/C(=N/N1CCOCC1)c1cccc(Br)c1. The van der Waals surface area contributed by atoms with Crippen molar-refractivity contribution in [3.05, 3.63) is 34.3 Å². The zero-order valence-corrected chi connectivity index (χ0v) is 14.2. The minimum atomic E-state index is -3.84. The van der Waals surface area contributed by atoms with E-state index >= 15 is 0 Å². The standard InChI is InChI=1S/C15H17BrF2N2O3/c1-2-23-14(21)15(17,18)13(11-4-3-5-12(16)10-11)19-20-6-8-22-9-7-20/h3-5,10H,2,6-9H2,1H3/b19-13+. The van der Waals surface area contributed by atoms with Gasteiger partial charge >= 0.3 is 11.9 Å². The number of hydrogen-bond donors (Lipinski definition) is 0. The average Bonchev–Trinajstić information content (AvgIpc) is 2.53. The van der Waals surface area contributed by atoms with Crippen molar-refractivity contribution in [3.8, 4) is 0 Å². The molecule has 1 heterocycles. The second-order valence-electron chi connectivity index (χ2n) is 4.82. The molecular weight excluding hydrogens is 374 g/mol. The lowest BCUT2D eigenvalue weighted by Gasteiger charge is -2.26. The molecule has 0 atom stereocenters. The number of alkyl halides is 2. The molecule has 1 fully saturated rings. The van der Waals surface area contributed by atoms with Crippen LogP contribution in [0.5, 0.6) is 0 Å². The van der Waals surface area contributed by atoms with Crippen LogP contribution in [0, 0.1) is 0 Å². The van der Waals surface area contributed by atoms with Crippen molar-refractivity contribution in [3.63, 3.8) is 0 Å². The summed E-state index contributed by atoms with van der Waals surface area (Å²) in [6, 6.07) is 6.29. The molecule has 2 rings (SSSR count). The molecule has 1 aromatic carbocycles. The maximum atomic E-state index is 14.6. The predicted octanol–water partition coefficient (Wildman–Crippen LogP) is 2.68. The minimum Gasteiger partial charge on any atom is -0.461 e. The van der Waals surface area contributed by atoms with Crippen molar-refractivity contribution in [1.29, 1.82) is 0 Å². The molecule has 0 saturated carbocycles.